The second-order valence-electron chi connectivity index (χ2n) is 6.97. The summed E-state index contributed by atoms with van der Waals surface area (Å²) in [5, 5.41) is 8.39. The van der Waals surface area contributed by atoms with Gasteiger partial charge >= 0.3 is 0 Å². The Labute approximate surface area is 152 Å². The first-order valence-electron chi connectivity index (χ1n) is 9.03. The molecule has 24 heavy (non-hydrogen) atoms. The number of aromatic nitrogens is 2. The summed E-state index contributed by atoms with van der Waals surface area (Å²) >= 11 is 4.09. The normalized spacial score (nSPS) is 22.8. The van der Waals surface area contributed by atoms with Crippen LogP contribution in [0.15, 0.2) is 6.07 Å². The van der Waals surface area contributed by atoms with Crippen LogP contribution < -0.4 is 5.32 Å². The largest absolute Gasteiger partial charge is 0.335 e. The molecule has 5 nitrogen and oxygen atoms in total. The Kier molecular flexibility index (Phi) is 5.39. The van der Waals surface area contributed by atoms with Gasteiger partial charge in [0.05, 0.1) is 24.5 Å². The van der Waals surface area contributed by atoms with Crippen LogP contribution >= 0.6 is 23.5 Å². The highest BCUT2D eigenvalue weighted by Crippen LogP contribution is 2.29. The van der Waals surface area contributed by atoms with Gasteiger partial charge in [0, 0.05) is 48.1 Å². The molecule has 2 aliphatic heterocycles. The zero-order chi connectivity index (χ0) is 16.4. The third kappa shape index (κ3) is 3.78. The number of carbonyl (C=O) groups excluding carboxylic acids is 1. The van der Waals surface area contributed by atoms with Gasteiger partial charge in [0.15, 0.2) is 0 Å². The lowest BCUT2D eigenvalue weighted by atomic mass is 9.84. The van der Waals surface area contributed by atoms with Crippen LogP contribution in [0.3, 0.4) is 0 Å². The van der Waals surface area contributed by atoms with Gasteiger partial charge in [-0.15, -0.1) is 0 Å². The molecule has 4 rings (SSSR count). The van der Waals surface area contributed by atoms with Crippen molar-refractivity contribution in [1.29, 1.82) is 0 Å². The van der Waals surface area contributed by atoms with Gasteiger partial charge in [-0.25, -0.2) is 0 Å². The molecule has 1 N–H and O–H groups in total. The molecule has 0 bridgehead atoms. The summed E-state index contributed by atoms with van der Waals surface area (Å²) in [7, 11) is 0. The van der Waals surface area contributed by atoms with E-state index in [4.69, 9.17) is 5.10 Å². The van der Waals surface area contributed by atoms with Gasteiger partial charge in [-0.05, 0) is 18.9 Å². The molecular weight excluding hydrogens is 340 g/mol. The minimum atomic E-state index is 0.297. The molecular formula is C17H26N4OS2. The predicted molar refractivity (Wildman–Crippen MR) is 100 cm³/mol. The van der Waals surface area contributed by atoms with Crippen LogP contribution in [0, 0.1) is 5.92 Å². The second-order valence-corrected chi connectivity index (χ2v) is 9.27. The van der Waals surface area contributed by atoms with Crippen LogP contribution in [-0.4, -0.2) is 56.2 Å². The smallest absolute Gasteiger partial charge is 0.226 e. The lowest BCUT2D eigenvalue weighted by Crippen LogP contribution is -2.43. The molecule has 1 aromatic rings. The number of amides is 1. The van der Waals surface area contributed by atoms with Gasteiger partial charge in [-0.1, -0.05) is 6.42 Å². The van der Waals surface area contributed by atoms with E-state index in [0.717, 1.165) is 44.7 Å². The molecule has 0 radical (unpaired) electrons. The molecule has 2 fully saturated rings. The fraction of sp³-hybridized carbons (Fsp3) is 0.765. The molecule has 132 valence electrons. The molecule has 1 saturated heterocycles. The van der Waals surface area contributed by atoms with Crippen LogP contribution in [0.25, 0.3) is 0 Å². The van der Waals surface area contributed by atoms with Crippen molar-refractivity contribution in [2.24, 2.45) is 5.92 Å². The predicted octanol–water partition coefficient (Wildman–Crippen LogP) is 1.96. The van der Waals surface area contributed by atoms with Crippen LogP contribution in [-0.2, 0) is 24.4 Å². The number of hydrogen-bond acceptors (Lipinski definition) is 5. The van der Waals surface area contributed by atoms with Crippen molar-refractivity contribution in [1.82, 2.24) is 20.0 Å². The summed E-state index contributed by atoms with van der Waals surface area (Å²) in [5.74, 6) is 5.60. The van der Waals surface area contributed by atoms with Crippen molar-refractivity contribution < 1.29 is 4.79 Å². The van der Waals surface area contributed by atoms with Gasteiger partial charge in [-0.3, -0.25) is 9.48 Å². The summed E-state index contributed by atoms with van der Waals surface area (Å²) in [6, 6.07) is 2.77. The van der Waals surface area contributed by atoms with Gasteiger partial charge < -0.3 is 10.2 Å². The highest BCUT2D eigenvalue weighted by molar-refractivity contribution is 8.03. The van der Waals surface area contributed by atoms with E-state index in [-0.39, 0.29) is 0 Å². The van der Waals surface area contributed by atoms with E-state index in [1.54, 1.807) is 0 Å². The second kappa shape index (κ2) is 7.70. The maximum Gasteiger partial charge on any atom is 0.226 e. The van der Waals surface area contributed by atoms with E-state index in [9.17, 15) is 4.79 Å². The van der Waals surface area contributed by atoms with Gasteiger partial charge in [0.1, 0.15) is 0 Å². The Morgan fingerprint density at radius 1 is 1.25 bits per heavy atom. The summed E-state index contributed by atoms with van der Waals surface area (Å²) in [4.78, 5) is 14.5. The summed E-state index contributed by atoms with van der Waals surface area (Å²) in [5.41, 5.74) is 2.30. The molecule has 1 aromatic heterocycles. The molecule has 0 atom stereocenters. The number of fused-ring (bicyclic) bond motifs is 1. The van der Waals surface area contributed by atoms with E-state index >= 15 is 0 Å². The van der Waals surface area contributed by atoms with E-state index in [2.05, 4.69) is 16.1 Å². The Hall–Kier alpha value is -0.660. The monoisotopic (exact) mass is 366 g/mol. The molecule has 7 heteroatoms. The molecule has 0 unspecified atom stereocenters. The summed E-state index contributed by atoms with van der Waals surface area (Å²) in [6.07, 6.45) is 3.39. The number of thioether (sulfide) groups is 2. The van der Waals surface area contributed by atoms with E-state index < -0.39 is 0 Å². The molecule has 3 aliphatic rings. The first-order chi connectivity index (χ1) is 11.8. The van der Waals surface area contributed by atoms with Crippen molar-refractivity contribution in [2.45, 2.75) is 44.9 Å². The number of nitrogens with zero attached hydrogens (tertiary/aromatic N) is 3. The molecule has 1 amide bonds. The number of nitrogens with one attached hydrogen (secondary N) is 1. The maximum atomic E-state index is 12.4. The van der Waals surface area contributed by atoms with Crippen LogP contribution in [0.5, 0.6) is 0 Å². The molecule has 3 heterocycles. The van der Waals surface area contributed by atoms with Crippen LogP contribution in [0.2, 0.25) is 0 Å². The number of rotatable bonds is 4. The third-order valence-electron chi connectivity index (χ3n) is 5.20. The molecule has 0 aromatic carbocycles. The van der Waals surface area contributed by atoms with E-state index in [1.165, 1.54) is 35.1 Å². The van der Waals surface area contributed by atoms with Gasteiger partial charge in [0.25, 0.3) is 0 Å². The summed E-state index contributed by atoms with van der Waals surface area (Å²) in [6.45, 7) is 3.22. The zero-order valence-corrected chi connectivity index (χ0v) is 15.7. The molecule has 1 saturated carbocycles. The lowest BCUT2D eigenvalue weighted by molar-refractivity contribution is -0.139. The SMILES string of the molecule is O=C(C1CCC1)N1CCn2nc(CNC3CSCCSC3)cc2C1. The third-order valence-corrected chi connectivity index (χ3v) is 7.72. The van der Waals surface area contributed by atoms with Crippen LogP contribution in [0.1, 0.15) is 30.7 Å². The number of carbonyl (C=O) groups is 1. The van der Waals surface area contributed by atoms with Crippen molar-refractivity contribution in [3.63, 3.8) is 0 Å². The summed E-state index contributed by atoms with van der Waals surface area (Å²) < 4.78 is 2.10. The Bertz CT molecular complexity index is 579. The first kappa shape index (κ1) is 16.8. The Balaban J connectivity index is 1.33. The highest BCUT2D eigenvalue weighted by atomic mass is 32.2. The first-order valence-corrected chi connectivity index (χ1v) is 11.3. The minimum absolute atomic E-state index is 0.297. The number of hydrogen-bond donors (Lipinski definition) is 1. The van der Waals surface area contributed by atoms with Crippen molar-refractivity contribution in [2.75, 3.05) is 29.6 Å². The van der Waals surface area contributed by atoms with Crippen molar-refractivity contribution in [3.05, 3.63) is 17.5 Å². The average Bonchev–Trinajstić information content (AvgIpc) is 2.76. The zero-order valence-electron chi connectivity index (χ0n) is 14.1. The quantitative estimate of drug-likeness (QED) is 0.883. The van der Waals surface area contributed by atoms with Gasteiger partial charge in [-0.2, -0.15) is 28.6 Å². The maximum absolute atomic E-state index is 12.4. The average molecular weight is 367 g/mol. The van der Waals surface area contributed by atoms with Gasteiger partial charge in [0.2, 0.25) is 5.91 Å². The van der Waals surface area contributed by atoms with E-state index in [0.29, 0.717) is 17.9 Å². The molecule has 1 aliphatic carbocycles. The Morgan fingerprint density at radius 3 is 2.75 bits per heavy atom. The van der Waals surface area contributed by atoms with E-state index in [1.807, 2.05) is 28.4 Å². The highest BCUT2D eigenvalue weighted by Gasteiger charge is 2.31. The Morgan fingerprint density at radius 2 is 2.04 bits per heavy atom. The lowest BCUT2D eigenvalue weighted by Gasteiger charge is -2.34. The van der Waals surface area contributed by atoms with Crippen molar-refractivity contribution in [3.8, 4) is 0 Å². The fourth-order valence-electron chi connectivity index (χ4n) is 3.50. The van der Waals surface area contributed by atoms with Crippen molar-refractivity contribution >= 4 is 29.4 Å². The fourth-order valence-corrected chi connectivity index (χ4v) is 5.96. The topological polar surface area (TPSA) is 50.2 Å². The standard InChI is InChI=1S/C17H26N4OS2/c22-17(13-2-1-3-13)20-4-5-21-16(10-20)8-14(19-21)9-18-15-11-23-6-7-24-12-15/h8,13,15,18H,1-7,9-12H2. The minimum Gasteiger partial charge on any atom is -0.335 e. The van der Waals surface area contributed by atoms with Crippen LogP contribution in [0.4, 0.5) is 0 Å². The molecule has 0 spiro atoms.